The maximum atomic E-state index is 14.0. The second-order valence-electron chi connectivity index (χ2n) is 7.56. The zero-order chi connectivity index (χ0) is 18.7. The van der Waals surface area contributed by atoms with Gasteiger partial charge in [-0.25, -0.2) is 8.78 Å². The minimum Gasteiger partial charge on any atom is -0.376 e. The number of halogens is 2. The van der Waals surface area contributed by atoms with Crippen LogP contribution in [0.4, 0.5) is 8.78 Å². The van der Waals surface area contributed by atoms with Crippen molar-refractivity contribution in [2.45, 2.75) is 69.6 Å². The molecular formula is C20H28F2N2O2. The fourth-order valence-corrected chi connectivity index (χ4v) is 4.29. The molecule has 2 fully saturated rings. The molecule has 1 amide bonds. The zero-order valence-electron chi connectivity index (χ0n) is 15.3. The molecule has 2 aliphatic rings. The predicted octanol–water partition coefficient (Wildman–Crippen LogP) is 3.35. The van der Waals surface area contributed by atoms with Crippen LogP contribution >= 0.6 is 0 Å². The topological polar surface area (TPSA) is 55.6 Å². The summed E-state index contributed by atoms with van der Waals surface area (Å²) in [5.74, 6) is -0.647. The molecule has 26 heavy (non-hydrogen) atoms. The van der Waals surface area contributed by atoms with E-state index >= 15 is 0 Å². The second-order valence-corrected chi connectivity index (χ2v) is 7.56. The summed E-state index contributed by atoms with van der Waals surface area (Å²) in [7, 11) is 0. The smallest absolute Gasteiger partial charge is 0.219 e. The van der Waals surface area contributed by atoms with Gasteiger partial charge in [0, 0.05) is 19.5 Å². The summed E-state index contributed by atoms with van der Waals surface area (Å²) in [6, 6.07) is 3.55. The monoisotopic (exact) mass is 366 g/mol. The van der Waals surface area contributed by atoms with Crippen molar-refractivity contribution in [1.82, 2.24) is 4.90 Å². The number of carbonyl (C=O) groups is 1. The summed E-state index contributed by atoms with van der Waals surface area (Å²) in [5.41, 5.74) is 6.67. The Balaban J connectivity index is 1.52. The molecule has 4 nitrogen and oxygen atoms in total. The van der Waals surface area contributed by atoms with Crippen molar-refractivity contribution < 1.29 is 18.3 Å². The van der Waals surface area contributed by atoms with E-state index in [0.29, 0.717) is 12.2 Å². The van der Waals surface area contributed by atoms with E-state index in [4.69, 9.17) is 10.5 Å². The molecule has 0 aromatic heterocycles. The molecule has 1 aromatic carbocycles. The molecular weight excluding hydrogens is 338 g/mol. The highest BCUT2D eigenvalue weighted by molar-refractivity contribution is 5.73. The van der Waals surface area contributed by atoms with E-state index in [-0.39, 0.29) is 35.8 Å². The second kappa shape index (κ2) is 8.44. The van der Waals surface area contributed by atoms with Gasteiger partial charge in [0.25, 0.3) is 0 Å². The highest BCUT2D eigenvalue weighted by Crippen LogP contribution is 2.35. The van der Waals surface area contributed by atoms with Gasteiger partial charge in [-0.2, -0.15) is 0 Å². The van der Waals surface area contributed by atoms with Crippen LogP contribution < -0.4 is 5.73 Å². The first-order valence-electron chi connectivity index (χ1n) is 9.55. The number of hydrogen-bond acceptors (Lipinski definition) is 3. The summed E-state index contributed by atoms with van der Waals surface area (Å²) in [4.78, 5) is 13.6. The number of amides is 1. The van der Waals surface area contributed by atoms with Crippen LogP contribution in [-0.4, -0.2) is 42.1 Å². The third kappa shape index (κ3) is 4.41. The van der Waals surface area contributed by atoms with Crippen molar-refractivity contribution in [3.05, 3.63) is 35.4 Å². The number of carbonyl (C=O) groups excluding carboxylic acids is 1. The Morgan fingerprint density at radius 3 is 2.65 bits per heavy atom. The molecule has 1 aliphatic carbocycles. The highest BCUT2D eigenvalue weighted by atomic mass is 19.1. The SMILES string of the molecule is CC(=O)N1CCCC(N)[C@@H]1COC1CCC(c2cc(F)ccc2F)CC1. The van der Waals surface area contributed by atoms with Crippen molar-refractivity contribution >= 4 is 5.91 Å². The zero-order valence-corrected chi connectivity index (χ0v) is 15.3. The lowest BCUT2D eigenvalue weighted by Gasteiger charge is -2.40. The molecule has 2 N–H and O–H groups in total. The van der Waals surface area contributed by atoms with Gasteiger partial charge in [0.15, 0.2) is 0 Å². The third-order valence-corrected chi connectivity index (χ3v) is 5.81. The Morgan fingerprint density at radius 2 is 1.96 bits per heavy atom. The van der Waals surface area contributed by atoms with Gasteiger partial charge in [0.1, 0.15) is 11.6 Å². The molecule has 1 saturated heterocycles. The van der Waals surface area contributed by atoms with E-state index in [9.17, 15) is 13.6 Å². The van der Waals surface area contributed by atoms with Crippen molar-refractivity contribution in [3.8, 4) is 0 Å². The number of piperidine rings is 1. The standard InChI is InChI=1S/C20H28F2N2O2/c1-13(25)24-10-2-3-19(23)20(24)12-26-16-7-4-14(5-8-16)17-11-15(21)6-9-18(17)22/h6,9,11,14,16,19-20H,2-5,7-8,10,12,23H2,1H3/t14?,16?,19?,20-/m0/s1. The summed E-state index contributed by atoms with van der Waals surface area (Å²) in [6.07, 6.45) is 5.10. The number of nitrogens with two attached hydrogens (primary N) is 1. The lowest BCUT2D eigenvalue weighted by molar-refractivity contribution is -0.135. The summed E-state index contributed by atoms with van der Waals surface area (Å²) in [5, 5.41) is 0. The molecule has 3 rings (SSSR count). The molecule has 1 unspecified atom stereocenters. The van der Waals surface area contributed by atoms with Crippen molar-refractivity contribution in [3.63, 3.8) is 0 Å². The van der Waals surface area contributed by atoms with Crippen LogP contribution in [0.1, 0.15) is 56.9 Å². The van der Waals surface area contributed by atoms with Crippen LogP contribution in [0, 0.1) is 11.6 Å². The fourth-order valence-electron chi connectivity index (χ4n) is 4.29. The number of benzene rings is 1. The Morgan fingerprint density at radius 1 is 1.23 bits per heavy atom. The molecule has 1 heterocycles. The van der Waals surface area contributed by atoms with Crippen LogP contribution in [0.5, 0.6) is 0 Å². The molecule has 6 heteroatoms. The van der Waals surface area contributed by atoms with Gasteiger partial charge >= 0.3 is 0 Å². The maximum absolute atomic E-state index is 14.0. The van der Waals surface area contributed by atoms with E-state index in [1.165, 1.54) is 12.1 Å². The van der Waals surface area contributed by atoms with Gasteiger partial charge in [-0.15, -0.1) is 0 Å². The Kier molecular flexibility index (Phi) is 6.24. The van der Waals surface area contributed by atoms with Crippen LogP contribution in [0.25, 0.3) is 0 Å². The Bertz CT molecular complexity index is 632. The first-order chi connectivity index (χ1) is 12.5. The van der Waals surface area contributed by atoms with Crippen molar-refractivity contribution in [2.75, 3.05) is 13.2 Å². The lowest BCUT2D eigenvalue weighted by Crippen LogP contribution is -2.56. The molecule has 2 atom stereocenters. The average molecular weight is 366 g/mol. The quantitative estimate of drug-likeness (QED) is 0.889. The average Bonchev–Trinajstić information content (AvgIpc) is 2.63. The molecule has 144 valence electrons. The minimum atomic E-state index is -0.393. The number of hydrogen-bond donors (Lipinski definition) is 1. The maximum Gasteiger partial charge on any atom is 0.219 e. The van der Waals surface area contributed by atoms with Gasteiger partial charge < -0.3 is 15.4 Å². The minimum absolute atomic E-state index is 0.0382. The normalized spacial score (nSPS) is 29.6. The number of rotatable bonds is 4. The predicted molar refractivity (Wildman–Crippen MR) is 95.7 cm³/mol. The summed E-state index contributed by atoms with van der Waals surface area (Å²) >= 11 is 0. The number of likely N-dealkylation sites (tertiary alicyclic amines) is 1. The molecule has 1 aromatic rings. The molecule has 0 spiro atoms. The van der Waals surface area contributed by atoms with Crippen molar-refractivity contribution in [1.29, 1.82) is 0 Å². The van der Waals surface area contributed by atoms with Gasteiger partial charge in [-0.05, 0) is 68.2 Å². The lowest BCUT2D eigenvalue weighted by atomic mass is 9.82. The third-order valence-electron chi connectivity index (χ3n) is 5.81. The van der Waals surface area contributed by atoms with Gasteiger partial charge in [0.05, 0.1) is 18.8 Å². The van der Waals surface area contributed by atoms with Crippen molar-refractivity contribution in [2.24, 2.45) is 5.73 Å². The van der Waals surface area contributed by atoms with E-state index < -0.39 is 5.82 Å². The van der Waals surface area contributed by atoms with Crippen LogP contribution in [-0.2, 0) is 9.53 Å². The number of nitrogens with zero attached hydrogens (tertiary/aromatic N) is 1. The van der Waals surface area contributed by atoms with Gasteiger partial charge in [0.2, 0.25) is 5.91 Å². The molecule has 1 saturated carbocycles. The fraction of sp³-hybridized carbons (Fsp3) is 0.650. The van der Waals surface area contributed by atoms with Gasteiger partial charge in [-0.3, -0.25) is 4.79 Å². The van der Waals surface area contributed by atoms with E-state index in [1.807, 2.05) is 4.90 Å². The van der Waals surface area contributed by atoms with Crippen LogP contribution in [0.2, 0.25) is 0 Å². The number of ether oxygens (including phenoxy) is 1. The molecule has 1 aliphatic heterocycles. The first kappa shape index (κ1) is 19.2. The largest absolute Gasteiger partial charge is 0.376 e. The van der Waals surface area contributed by atoms with Crippen LogP contribution in [0.15, 0.2) is 18.2 Å². The van der Waals surface area contributed by atoms with E-state index in [2.05, 4.69) is 0 Å². The highest BCUT2D eigenvalue weighted by Gasteiger charge is 2.32. The molecule has 0 bridgehead atoms. The summed E-state index contributed by atoms with van der Waals surface area (Å²) < 4.78 is 33.4. The van der Waals surface area contributed by atoms with E-state index in [0.717, 1.165) is 51.1 Å². The molecule has 0 radical (unpaired) electrons. The first-order valence-corrected chi connectivity index (χ1v) is 9.55. The van der Waals surface area contributed by atoms with Crippen LogP contribution in [0.3, 0.4) is 0 Å². The van der Waals surface area contributed by atoms with E-state index in [1.54, 1.807) is 6.92 Å². The Labute approximate surface area is 153 Å². The van der Waals surface area contributed by atoms with Gasteiger partial charge in [-0.1, -0.05) is 0 Å². The Hall–Kier alpha value is -1.53. The summed E-state index contributed by atoms with van der Waals surface area (Å²) in [6.45, 7) is 2.76.